The molecule has 0 saturated heterocycles. The van der Waals surface area contributed by atoms with Crippen molar-refractivity contribution in [1.82, 2.24) is 4.98 Å². The van der Waals surface area contributed by atoms with Gasteiger partial charge in [0.05, 0.1) is 24.3 Å². The first-order valence-electron chi connectivity index (χ1n) is 10.5. The lowest BCUT2D eigenvalue weighted by Crippen LogP contribution is -2.15. The lowest BCUT2D eigenvalue weighted by Gasteiger charge is -2.22. The fourth-order valence-corrected chi connectivity index (χ4v) is 4.04. The number of esters is 1. The normalized spacial score (nSPS) is 13.3. The Kier molecular flexibility index (Phi) is 7.62. The van der Waals surface area contributed by atoms with Crippen LogP contribution in [0.2, 0.25) is 5.02 Å². The fraction of sp³-hybridized carbons (Fsp3) is 0.280. The topological polar surface area (TPSA) is 94.7 Å². The maximum absolute atomic E-state index is 13.4. The van der Waals surface area contributed by atoms with E-state index in [1.165, 1.54) is 12.1 Å². The molecule has 35 heavy (non-hydrogen) atoms. The molecule has 2 atom stereocenters. The lowest BCUT2D eigenvalue weighted by atomic mass is 9.89. The van der Waals surface area contributed by atoms with Crippen molar-refractivity contribution < 1.29 is 32.5 Å². The second kappa shape index (κ2) is 10.1. The molecule has 0 aliphatic rings. The minimum absolute atomic E-state index is 0.131. The first-order chi connectivity index (χ1) is 16.3. The van der Waals surface area contributed by atoms with Crippen LogP contribution < -0.4 is 10.5 Å². The Morgan fingerprint density at radius 1 is 1.14 bits per heavy atom. The highest BCUT2D eigenvalue weighted by molar-refractivity contribution is 6.31. The molecule has 2 unspecified atom stereocenters. The summed E-state index contributed by atoms with van der Waals surface area (Å²) in [5, 5.41) is 11.2. The quantitative estimate of drug-likeness (QED) is 0.297. The number of aliphatic hydroxyl groups is 1. The van der Waals surface area contributed by atoms with E-state index < -0.39 is 35.3 Å². The van der Waals surface area contributed by atoms with Crippen molar-refractivity contribution in [1.29, 1.82) is 0 Å². The third-order valence-electron chi connectivity index (χ3n) is 5.71. The van der Waals surface area contributed by atoms with Crippen LogP contribution in [0.3, 0.4) is 0 Å². The number of nitrogens with zero attached hydrogens (tertiary/aromatic N) is 1. The Labute approximate surface area is 205 Å². The maximum Gasteiger partial charge on any atom is 0.417 e. The van der Waals surface area contributed by atoms with Gasteiger partial charge in [0, 0.05) is 28.9 Å². The number of anilines is 1. The third kappa shape index (κ3) is 5.68. The Balaban J connectivity index is 1.86. The molecule has 3 aromatic rings. The van der Waals surface area contributed by atoms with Crippen molar-refractivity contribution in [3.05, 3.63) is 81.0 Å². The van der Waals surface area contributed by atoms with Gasteiger partial charge >= 0.3 is 12.1 Å². The van der Waals surface area contributed by atoms with Crippen molar-refractivity contribution in [3.63, 3.8) is 0 Å². The van der Waals surface area contributed by atoms with Crippen LogP contribution in [0.25, 0.3) is 0 Å². The predicted octanol–water partition coefficient (Wildman–Crippen LogP) is 6.37. The second-order valence-electron chi connectivity index (χ2n) is 8.14. The average molecular weight is 509 g/mol. The molecular weight excluding hydrogens is 485 g/mol. The van der Waals surface area contributed by atoms with Crippen molar-refractivity contribution in [3.8, 4) is 11.6 Å². The highest BCUT2D eigenvalue weighted by Crippen LogP contribution is 2.39. The van der Waals surface area contributed by atoms with E-state index in [9.17, 15) is 23.1 Å². The minimum atomic E-state index is -4.82. The van der Waals surface area contributed by atoms with Gasteiger partial charge in [0.25, 0.3) is 0 Å². The van der Waals surface area contributed by atoms with Gasteiger partial charge in [0.15, 0.2) is 0 Å². The van der Waals surface area contributed by atoms with Crippen LogP contribution in [0.1, 0.15) is 57.1 Å². The number of methoxy groups -OCH3 is 1. The smallest absolute Gasteiger partial charge is 0.417 e. The van der Waals surface area contributed by atoms with E-state index in [-0.39, 0.29) is 16.7 Å². The zero-order valence-electron chi connectivity index (χ0n) is 19.4. The molecule has 186 valence electrons. The number of hydrogen-bond acceptors (Lipinski definition) is 6. The standard InChI is InChI=1S/C25H24ClF3N2O4/c1-12-7-15(8-13(2)22(12)30)23(32)14(3)17-6-5-16(9-20(17)26)35-21-10-19(25(27,28)29)18(11-31-21)24(33)34-4/h5-11,14,23,32H,30H2,1-4H3. The number of alkyl halides is 3. The van der Waals surface area contributed by atoms with E-state index in [2.05, 4.69) is 9.72 Å². The van der Waals surface area contributed by atoms with E-state index in [0.717, 1.165) is 24.4 Å². The number of nitrogens with two attached hydrogens (primary N) is 1. The second-order valence-corrected chi connectivity index (χ2v) is 8.55. The highest BCUT2D eigenvalue weighted by Gasteiger charge is 2.36. The van der Waals surface area contributed by atoms with Crippen LogP contribution in [0, 0.1) is 13.8 Å². The number of halogens is 4. The van der Waals surface area contributed by atoms with Crippen molar-refractivity contribution >= 4 is 23.3 Å². The van der Waals surface area contributed by atoms with Crippen molar-refractivity contribution in [2.75, 3.05) is 12.8 Å². The summed E-state index contributed by atoms with van der Waals surface area (Å²) in [4.78, 5) is 15.4. The van der Waals surface area contributed by atoms with Gasteiger partial charge in [0.2, 0.25) is 5.88 Å². The van der Waals surface area contributed by atoms with E-state index >= 15 is 0 Å². The molecule has 10 heteroatoms. The number of aliphatic hydroxyl groups excluding tert-OH is 1. The number of benzene rings is 2. The number of carbonyl (C=O) groups is 1. The molecule has 0 aliphatic carbocycles. The van der Waals surface area contributed by atoms with Gasteiger partial charge in [-0.25, -0.2) is 9.78 Å². The van der Waals surface area contributed by atoms with Crippen LogP contribution in [-0.4, -0.2) is 23.2 Å². The summed E-state index contributed by atoms with van der Waals surface area (Å²) in [6.45, 7) is 5.52. The molecule has 0 spiro atoms. The van der Waals surface area contributed by atoms with E-state index in [1.807, 2.05) is 26.0 Å². The lowest BCUT2D eigenvalue weighted by molar-refractivity contribution is -0.138. The van der Waals surface area contributed by atoms with Gasteiger partial charge < -0.3 is 20.3 Å². The molecule has 0 bridgehead atoms. The summed E-state index contributed by atoms with van der Waals surface area (Å²) in [7, 11) is 0.976. The number of aryl methyl sites for hydroxylation is 2. The van der Waals surface area contributed by atoms with Crippen molar-refractivity contribution in [2.45, 2.75) is 39.0 Å². The molecule has 0 fully saturated rings. The maximum atomic E-state index is 13.4. The molecule has 1 heterocycles. The number of hydrogen-bond donors (Lipinski definition) is 2. The number of ether oxygens (including phenoxy) is 2. The fourth-order valence-electron chi connectivity index (χ4n) is 3.70. The Hall–Kier alpha value is -3.30. The molecule has 0 radical (unpaired) electrons. The predicted molar refractivity (Wildman–Crippen MR) is 126 cm³/mol. The monoisotopic (exact) mass is 508 g/mol. The van der Waals surface area contributed by atoms with Gasteiger partial charge in [-0.05, 0) is 48.2 Å². The zero-order valence-corrected chi connectivity index (χ0v) is 20.2. The summed E-state index contributed by atoms with van der Waals surface area (Å²) in [5.41, 5.74) is 7.71. The van der Waals surface area contributed by atoms with Crippen LogP contribution in [-0.2, 0) is 10.9 Å². The Morgan fingerprint density at radius 3 is 2.31 bits per heavy atom. The van der Waals surface area contributed by atoms with Crippen molar-refractivity contribution in [2.24, 2.45) is 0 Å². The van der Waals surface area contributed by atoms with Crippen LogP contribution in [0.4, 0.5) is 18.9 Å². The highest BCUT2D eigenvalue weighted by atomic mass is 35.5. The largest absolute Gasteiger partial charge is 0.465 e. The molecule has 0 amide bonds. The minimum Gasteiger partial charge on any atom is -0.465 e. The molecule has 2 aromatic carbocycles. The Morgan fingerprint density at radius 2 is 1.77 bits per heavy atom. The zero-order chi connectivity index (χ0) is 26.1. The first kappa shape index (κ1) is 26.3. The molecule has 0 saturated carbocycles. The number of rotatable bonds is 6. The van der Waals surface area contributed by atoms with E-state index in [1.54, 1.807) is 13.0 Å². The summed E-state index contributed by atoms with van der Waals surface area (Å²) >= 11 is 6.43. The summed E-state index contributed by atoms with van der Waals surface area (Å²) in [6, 6.07) is 8.80. The summed E-state index contributed by atoms with van der Waals surface area (Å²) < 4.78 is 50.1. The average Bonchev–Trinajstić information content (AvgIpc) is 2.80. The Bertz CT molecular complexity index is 1240. The van der Waals surface area contributed by atoms with Crippen LogP contribution in [0.5, 0.6) is 11.6 Å². The number of carbonyl (C=O) groups excluding carboxylic acids is 1. The first-order valence-corrected chi connectivity index (χ1v) is 10.9. The molecular formula is C25H24ClF3N2O4. The van der Waals surface area contributed by atoms with Gasteiger partial charge in [-0.3, -0.25) is 0 Å². The van der Waals surface area contributed by atoms with Gasteiger partial charge in [0.1, 0.15) is 5.75 Å². The van der Waals surface area contributed by atoms with Gasteiger partial charge in [-0.15, -0.1) is 0 Å². The molecule has 6 nitrogen and oxygen atoms in total. The number of nitrogen functional groups attached to an aromatic ring is 1. The van der Waals surface area contributed by atoms with E-state index in [0.29, 0.717) is 22.9 Å². The molecule has 1 aromatic heterocycles. The molecule has 3 rings (SSSR count). The summed E-state index contributed by atoms with van der Waals surface area (Å²) in [5.74, 6) is -1.82. The van der Waals surface area contributed by atoms with Gasteiger partial charge in [-0.2, -0.15) is 13.2 Å². The number of aromatic nitrogens is 1. The summed E-state index contributed by atoms with van der Waals surface area (Å²) in [6.07, 6.45) is -4.95. The van der Waals surface area contributed by atoms with Gasteiger partial charge in [-0.1, -0.05) is 36.7 Å². The van der Waals surface area contributed by atoms with Crippen LogP contribution >= 0.6 is 11.6 Å². The molecule has 0 aliphatic heterocycles. The molecule has 3 N–H and O–H groups in total. The third-order valence-corrected chi connectivity index (χ3v) is 6.03. The van der Waals surface area contributed by atoms with E-state index in [4.69, 9.17) is 22.1 Å². The number of pyridine rings is 1. The van der Waals surface area contributed by atoms with Crippen LogP contribution in [0.15, 0.2) is 42.6 Å². The SMILES string of the molecule is COC(=O)c1cnc(Oc2ccc(C(C)C(O)c3cc(C)c(N)c(C)c3)c(Cl)c2)cc1C(F)(F)F.